The zero-order valence-corrected chi connectivity index (χ0v) is 15.5. The van der Waals surface area contributed by atoms with Crippen LogP contribution in [0.2, 0.25) is 0 Å². The zero-order chi connectivity index (χ0) is 20.5. The maximum Gasteiger partial charge on any atom is 0.416 e. The van der Waals surface area contributed by atoms with Crippen molar-refractivity contribution in [3.05, 3.63) is 53.6 Å². The number of fused-ring (bicyclic) bond motifs is 1. The van der Waals surface area contributed by atoms with Crippen molar-refractivity contribution in [2.45, 2.75) is 19.1 Å². The SMILES string of the molecule is COc1cc2c(cc1OC)C(=CC(C)Nc1ccc(C(F)(F)F)cc1)C(=O)N2. The standard InChI is InChI=1S/C20H19F3N2O3/c1-11(24-13-6-4-12(5-7-13)20(21,22)23)8-15-14-9-17(27-2)18(28-3)10-16(14)25-19(15)26/h4-11,24H,1-3H3,(H,25,26). The lowest BCUT2D eigenvalue weighted by Gasteiger charge is -2.14. The fraction of sp³-hybridized carbons (Fsp3) is 0.250. The highest BCUT2D eigenvalue weighted by molar-refractivity contribution is 6.31. The molecule has 0 radical (unpaired) electrons. The third kappa shape index (κ3) is 3.90. The number of carbonyl (C=O) groups is 1. The normalized spacial score (nSPS) is 15.8. The molecule has 1 atom stereocenters. The molecule has 1 amide bonds. The lowest BCUT2D eigenvalue weighted by molar-refractivity contribution is -0.137. The summed E-state index contributed by atoms with van der Waals surface area (Å²) in [6.07, 6.45) is -2.66. The number of amides is 1. The van der Waals surface area contributed by atoms with E-state index in [9.17, 15) is 18.0 Å². The highest BCUT2D eigenvalue weighted by Gasteiger charge is 2.30. The first-order chi connectivity index (χ1) is 13.2. The maximum absolute atomic E-state index is 12.7. The van der Waals surface area contributed by atoms with Gasteiger partial charge >= 0.3 is 6.18 Å². The Balaban J connectivity index is 1.83. The van der Waals surface area contributed by atoms with Gasteiger partial charge in [-0.2, -0.15) is 13.2 Å². The molecule has 2 N–H and O–H groups in total. The Bertz CT molecular complexity index is 922. The predicted molar refractivity (Wildman–Crippen MR) is 101 cm³/mol. The molecule has 0 aromatic heterocycles. The van der Waals surface area contributed by atoms with Crippen LogP contribution in [0.15, 0.2) is 42.5 Å². The zero-order valence-electron chi connectivity index (χ0n) is 15.5. The summed E-state index contributed by atoms with van der Waals surface area (Å²) in [6, 6.07) is 7.82. The summed E-state index contributed by atoms with van der Waals surface area (Å²) in [5, 5.41) is 5.84. The summed E-state index contributed by atoms with van der Waals surface area (Å²) >= 11 is 0. The fourth-order valence-corrected chi connectivity index (χ4v) is 2.99. The second kappa shape index (κ2) is 7.46. The summed E-state index contributed by atoms with van der Waals surface area (Å²) < 4.78 is 48.5. The van der Waals surface area contributed by atoms with Crippen molar-refractivity contribution in [3.8, 4) is 11.5 Å². The predicted octanol–water partition coefficient (Wildman–Crippen LogP) is 4.56. The number of halogens is 3. The molecule has 28 heavy (non-hydrogen) atoms. The molecule has 0 bridgehead atoms. The molecule has 5 nitrogen and oxygen atoms in total. The molecule has 2 aromatic carbocycles. The van der Waals surface area contributed by atoms with E-state index in [2.05, 4.69) is 10.6 Å². The molecule has 0 spiro atoms. The Morgan fingerprint density at radius 1 is 1.07 bits per heavy atom. The van der Waals surface area contributed by atoms with Gasteiger partial charge in [0.25, 0.3) is 5.91 Å². The summed E-state index contributed by atoms with van der Waals surface area (Å²) in [6.45, 7) is 1.80. The molecule has 0 fully saturated rings. The van der Waals surface area contributed by atoms with Crippen LogP contribution in [-0.4, -0.2) is 26.2 Å². The van der Waals surface area contributed by atoms with Crippen molar-refractivity contribution < 1.29 is 27.4 Å². The second-order valence-corrected chi connectivity index (χ2v) is 6.30. The Morgan fingerprint density at radius 2 is 1.68 bits per heavy atom. The van der Waals surface area contributed by atoms with Crippen molar-refractivity contribution in [1.29, 1.82) is 0 Å². The third-order valence-corrected chi connectivity index (χ3v) is 4.33. The minimum absolute atomic E-state index is 0.272. The van der Waals surface area contributed by atoms with Crippen LogP contribution in [0, 0.1) is 0 Å². The van der Waals surface area contributed by atoms with E-state index in [-0.39, 0.29) is 11.9 Å². The highest BCUT2D eigenvalue weighted by Crippen LogP contribution is 2.40. The van der Waals surface area contributed by atoms with Crippen LogP contribution >= 0.6 is 0 Å². The molecule has 0 saturated carbocycles. The van der Waals surface area contributed by atoms with E-state index in [0.29, 0.717) is 34.0 Å². The molecule has 1 heterocycles. The number of alkyl halides is 3. The average Bonchev–Trinajstić information content (AvgIpc) is 2.94. The van der Waals surface area contributed by atoms with E-state index >= 15 is 0 Å². The Labute approximate surface area is 160 Å². The Kier molecular flexibility index (Phi) is 5.22. The minimum Gasteiger partial charge on any atom is -0.493 e. The molecule has 1 unspecified atom stereocenters. The van der Waals surface area contributed by atoms with E-state index in [1.54, 1.807) is 25.1 Å². The first-order valence-electron chi connectivity index (χ1n) is 8.46. The lowest BCUT2D eigenvalue weighted by Crippen LogP contribution is -2.15. The van der Waals surface area contributed by atoms with Crippen molar-refractivity contribution in [2.24, 2.45) is 0 Å². The third-order valence-electron chi connectivity index (χ3n) is 4.33. The number of anilines is 2. The molecule has 0 aliphatic carbocycles. The molecule has 1 aliphatic heterocycles. The fourth-order valence-electron chi connectivity index (χ4n) is 2.99. The van der Waals surface area contributed by atoms with E-state index < -0.39 is 11.7 Å². The van der Waals surface area contributed by atoms with E-state index in [0.717, 1.165) is 12.1 Å². The molecule has 148 valence electrons. The number of hydrogen-bond donors (Lipinski definition) is 2. The number of nitrogens with one attached hydrogen (secondary N) is 2. The van der Waals surface area contributed by atoms with Gasteiger partial charge in [-0.15, -0.1) is 0 Å². The Hall–Kier alpha value is -3.16. The van der Waals surface area contributed by atoms with Crippen molar-refractivity contribution >= 4 is 22.9 Å². The van der Waals surface area contributed by atoms with Crippen LogP contribution in [0.1, 0.15) is 18.1 Å². The number of benzene rings is 2. The van der Waals surface area contributed by atoms with E-state index in [4.69, 9.17) is 9.47 Å². The van der Waals surface area contributed by atoms with Gasteiger partial charge in [0.05, 0.1) is 25.5 Å². The number of rotatable bonds is 5. The van der Waals surface area contributed by atoms with Gasteiger partial charge in [-0.3, -0.25) is 4.79 Å². The van der Waals surface area contributed by atoms with Gasteiger partial charge in [-0.1, -0.05) is 0 Å². The maximum atomic E-state index is 12.7. The second-order valence-electron chi connectivity index (χ2n) is 6.30. The van der Waals surface area contributed by atoms with E-state index in [1.165, 1.54) is 26.4 Å². The van der Waals surface area contributed by atoms with Gasteiger partial charge in [-0.25, -0.2) is 0 Å². The number of carbonyl (C=O) groups excluding carboxylic acids is 1. The van der Waals surface area contributed by atoms with Gasteiger partial charge in [-0.05, 0) is 43.3 Å². The smallest absolute Gasteiger partial charge is 0.416 e. The first-order valence-corrected chi connectivity index (χ1v) is 8.46. The summed E-state index contributed by atoms with van der Waals surface area (Å²) in [4.78, 5) is 12.4. The molecule has 0 saturated heterocycles. The average molecular weight is 392 g/mol. The number of ether oxygens (including phenoxy) is 2. The largest absolute Gasteiger partial charge is 0.493 e. The van der Waals surface area contributed by atoms with E-state index in [1.807, 2.05) is 0 Å². The summed E-state index contributed by atoms with van der Waals surface area (Å²) in [5.74, 6) is 0.720. The van der Waals surface area contributed by atoms with Crippen molar-refractivity contribution in [3.63, 3.8) is 0 Å². The van der Waals surface area contributed by atoms with Crippen LogP contribution in [-0.2, 0) is 11.0 Å². The minimum atomic E-state index is -4.38. The van der Waals surface area contributed by atoms with Crippen molar-refractivity contribution in [2.75, 3.05) is 24.9 Å². The van der Waals surface area contributed by atoms with Crippen LogP contribution < -0.4 is 20.1 Å². The molecular formula is C20H19F3N2O3. The lowest BCUT2D eigenvalue weighted by atomic mass is 10.0. The van der Waals surface area contributed by atoms with Crippen LogP contribution in [0.25, 0.3) is 5.57 Å². The quantitative estimate of drug-likeness (QED) is 0.733. The molecular weight excluding hydrogens is 373 g/mol. The van der Waals surface area contributed by atoms with Gasteiger partial charge in [0.1, 0.15) is 0 Å². The first kappa shape index (κ1) is 19.6. The summed E-state index contributed by atoms with van der Waals surface area (Å²) in [7, 11) is 3.01. The molecule has 3 rings (SSSR count). The number of methoxy groups -OCH3 is 2. The van der Waals surface area contributed by atoms with Crippen LogP contribution in [0.3, 0.4) is 0 Å². The van der Waals surface area contributed by atoms with Gasteiger partial charge in [0.2, 0.25) is 0 Å². The summed E-state index contributed by atoms with van der Waals surface area (Å²) in [5.41, 5.74) is 1.53. The van der Waals surface area contributed by atoms with Crippen molar-refractivity contribution in [1.82, 2.24) is 0 Å². The molecule has 1 aliphatic rings. The monoisotopic (exact) mass is 392 g/mol. The highest BCUT2D eigenvalue weighted by atomic mass is 19.4. The topological polar surface area (TPSA) is 59.6 Å². The Morgan fingerprint density at radius 3 is 2.25 bits per heavy atom. The van der Waals surface area contributed by atoms with Crippen LogP contribution in [0.4, 0.5) is 24.5 Å². The molecule has 2 aromatic rings. The van der Waals surface area contributed by atoms with Gasteiger partial charge < -0.3 is 20.1 Å². The molecule has 8 heteroatoms. The van der Waals surface area contributed by atoms with Gasteiger partial charge in [0.15, 0.2) is 11.5 Å². The number of hydrogen-bond acceptors (Lipinski definition) is 4. The van der Waals surface area contributed by atoms with Crippen LogP contribution in [0.5, 0.6) is 11.5 Å². The van der Waals surface area contributed by atoms with Gasteiger partial charge in [0, 0.05) is 28.9 Å².